The third-order valence-corrected chi connectivity index (χ3v) is 6.29. The van der Waals surface area contributed by atoms with E-state index < -0.39 is 10.0 Å². The van der Waals surface area contributed by atoms with E-state index in [1.165, 1.54) is 31.4 Å². The molecule has 7 nitrogen and oxygen atoms in total. The number of carbonyl (C=O) groups excluding carboxylic acids is 1. The summed E-state index contributed by atoms with van der Waals surface area (Å²) in [6.45, 7) is 5.56. The van der Waals surface area contributed by atoms with Crippen LogP contribution in [0.2, 0.25) is 0 Å². The number of nitrogens with one attached hydrogen (secondary N) is 2. The number of aryl methyl sites for hydroxylation is 3. The van der Waals surface area contributed by atoms with Crippen molar-refractivity contribution in [1.82, 2.24) is 0 Å². The quantitative estimate of drug-likeness (QED) is 0.525. The fourth-order valence-electron chi connectivity index (χ4n) is 2.99. The molecule has 0 aliphatic carbocycles. The molecule has 0 fully saturated rings. The van der Waals surface area contributed by atoms with Crippen LogP contribution < -0.4 is 19.5 Å². The van der Waals surface area contributed by atoms with Crippen LogP contribution in [0.4, 0.5) is 11.4 Å². The maximum Gasteiger partial charge on any atom is 0.262 e. The van der Waals surface area contributed by atoms with Gasteiger partial charge in [-0.3, -0.25) is 9.52 Å². The highest BCUT2D eigenvalue weighted by molar-refractivity contribution is 7.92. The van der Waals surface area contributed by atoms with Crippen molar-refractivity contribution in [3.05, 3.63) is 77.4 Å². The summed E-state index contributed by atoms with van der Waals surface area (Å²) in [4.78, 5) is 12.3. The molecule has 0 aliphatic heterocycles. The van der Waals surface area contributed by atoms with E-state index in [2.05, 4.69) is 10.0 Å². The zero-order chi connectivity index (χ0) is 23.3. The van der Waals surface area contributed by atoms with E-state index in [0.29, 0.717) is 22.9 Å². The second kappa shape index (κ2) is 9.74. The van der Waals surface area contributed by atoms with Crippen molar-refractivity contribution in [2.75, 3.05) is 23.8 Å². The smallest absolute Gasteiger partial charge is 0.262 e. The van der Waals surface area contributed by atoms with Gasteiger partial charge >= 0.3 is 0 Å². The van der Waals surface area contributed by atoms with Crippen molar-refractivity contribution in [2.45, 2.75) is 25.7 Å². The molecule has 0 bridgehead atoms. The maximum absolute atomic E-state index is 12.6. The number of rotatable bonds is 8. The van der Waals surface area contributed by atoms with E-state index in [1.54, 1.807) is 24.3 Å². The fraction of sp³-hybridized carbons (Fsp3) is 0.208. The van der Waals surface area contributed by atoms with Crippen LogP contribution in [0.1, 0.15) is 16.7 Å². The number of carbonyl (C=O) groups is 1. The molecule has 1 amide bonds. The lowest BCUT2D eigenvalue weighted by molar-refractivity contribution is -0.118. The van der Waals surface area contributed by atoms with E-state index in [0.717, 1.165) is 16.7 Å². The first-order valence-corrected chi connectivity index (χ1v) is 11.4. The third-order valence-electron chi connectivity index (χ3n) is 4.89. The van der Waals surface area contributed by atoms with Gasteiger partial charge < -0.3 is 14.8 Å². The number of sulfonamides is 1. The monoisotopic (exact) mass is 454 g/mol. The second-order valence-electron chi connectivity index (χ2n) is 7.42. The summed E-state index contributed by atoms with van der Waals surface area (Å²) in [6.07, 6.45) is 0. The van der Waals surface area contributed by atoms with Crippen molar-refractivity contribution in [1.29, 1.82) is 0 Å². The first kappa shape index (κ1) is 23.1. The van der Waals surface area contributed by atoms with Crippen molar-refractivity contribution in [3.8, 4) is 11.5 Å². The highest BCUT2D eigenvalue weighted by Gasteiger charge is 2.15. The number of benzene rings is 3. The number of amides is 1. The lowest BCUT2D eigenvalue weighted by Crippen LogP contribution is -2.20. The van der Waals surface area contributed by atoms with Crippen LogP contribution in [0.15, 0.2) is 65.6 Å². The normalized spacial score (nSPS) is 11.0. The van der Waals surface area contributed by atoms with Gasteiger partial charge in [0.25, 0.3) is 15.9 Å². The van der Waals surface area contributed by atoms with E-state index in [4.69, 9.17) is 9.47 Å². The van der Waals surface area contributed by atoms with E-state index in [9.17, 15) is 13.2 Å². The Kier molecular flexibility index (Phi) is 7.05. The van der Waals surface area contributed by atoms with Crippen LogP contribution in [-0.4, -0.2) is 28.0 Å². The Balaban J connectivity index is 1.61. The lowest BCUT2D eigenvalue weighted by atomic mass is 10.1. The Bertz CT molecular complexity index is 1220. The summed E-state index contributed by atoms with van der Waals surface area (Å²) in [7, 11) is -2.21. The summed E-state index contributed by atoms with van der Waals surface area (Å²) in [5.41, 5.74) is 4.11. The number of hydrogen-bond acceptors (Lipinski definition) is 5. The van der Waals surface area contributed by atoms with Crippen LogP contribution in [-0.2, 0) is 14.8 Å². The number of anilines is 2. The largest absolute Gasteiger partial charge is 0.495 e. The molecular formula is C24H26N2O5S. The van der Waals surface area contributed by atoms with Crippen LogP contribution in [0, 0.1) is 20.8 Å². The molecule has 0 unspecified atom stereocenters. The second-order valence-corrected chi connectivity index (χ2v) is 9.10. The standard InChI is InChI=1S/C24H26N2O5S/c1-16-5-12-23(30-4)22(13-16)25-24(27)15-31-20-8-10-21(11-9-20)32(28,29)26-19-7-6-17(2)18(3)14-19/h5-14,26H,15H2,1-4H3,(H,25,27). The minimum atomic E-state index is -3.74. The van der Waals surface area contributed by atoms with E-state index >= 15 is 0 Å². The molecule has 8 heteroatoms. The zero-order valence-electron chi connectivity index (χ0n) is 18.4. The zero-order valence-corrected chi connectivity index (χ0v) is 19.2. The molecule has 0 saturated heterocycles. The SMILES string of the molecule is COc1ccc(C)cc1NC(=O)COc1ccc(S(=O)(=O)Nc2ccc(C)c(C)c2)cc1. The van der Waals surface area contributed by atoms with Crippen molar-refractivity contribution < 1.29 is 22.7 Å². The topological polar surface area (TPSA) is 93.7 Å². The minimum Gasteiger partial charge on any atom is -0.495 e. The van der Waals surface area contributed by atoms with Crippen LogP contribution in [0.5, 0.6) is 11.5 Å². The predicted octanol–water partition coefficient (Wildman–Crippen LogP) is 4.44. The van der Waals surface area contributed by atoms with Crippen molar-refractivity contribution >= 4 is 27.3 Å². The van der Waals surface area contributed by atoms with Gasteiger partial charge in [-0.2, -0.15) is 0 Å². The number of methoxy groups -OCH3 is 1. The van der Waals surface area contributed by atoms with Crippen molar-refractivity contribution in [2.24, 2.45) is 0 Å². The third kappa shape index (κ3) is 5.79. The summed E-state index contributed by atoms with van der Waals surface area (Å²) in [5, 5.41) is 2.75. The first-order chi connectivity index (χ1) is 15.2. The lowest BCUT2D eigenvalue weighted by Gasteiger charge is -2.12. The molecule has 0 saturated carbocycles. The molecule has 0 spiro atoms. The maximum atomic E-state index is 12.6. The van der Waals surface area contributed by atoms with Gasteiger partial charge in [-0.25, -0.2) is 8.42 Å². The summed E-state index contributed by atoms with van der Waals surface area (Å²) in [6, 6.07) is 16.7. The first-order valence-electron chi connectivity index (χ1n) is 9.95. The van der Waals surface area contributed by atoms with Gasteiger partial charge in [0.2, 0.25) is 0 Å². The number of hydrogen-bond donors (Lipinski definition) is 2. The van der Waals surface area contributed by atoms with Gasteiger partial charge in [0.15, 0.2) is 6.61 Å². The molecule has 0 aliphatic rings. The van der Waals surface area contributed by atoms with Crippen molar-refractivity contribution in [3.63, 3.8) is 0 Å². The highest BCUT2D eigenvalue weighted by atomic mass is 32.2. The summed E-state index contributed by atoms with van der Waals surface area (Å²) >= 11 is 0. The molecule has 3 rings (SSSR count). The Morgan fingerprint density at radius 2 is 1.62 bits per heavy atom. The van der Waals surface area contributed by atoms with Gasteiger partial charge in [0.05, 0.1) is 17.7 Å². The molecule has 32 heavy (non-hydrogen) atoms. The van der Waals surface area contributed by atoms with Crippen LogP contribution >= 0.6 is 0 Å². The molecular weight excluding hydrogens is 428 g/mol. The summed E-state index contributed by atoms with van der Waals surface area (Å²) in [5.74, 6) is 0.568. The van der Waals surface area contributed by atoms with Gasteiger partial charge in [-0.1, -0.05) is 12.1 Å². The Hall–Kier alpha value is -3.52. The Labute approximate surface area is 188 Å². The van der Waals surface area contributed by atoms with E-state index in [-0.39, 0.29) is 17.4 Å². The molecule has 3 aromatic carbocycles. The molecule has 0 heterocycles. The van der Waals surface area contributed by atoms with Gasteiger partial charge in [-0.05, 0) is 86.0 Å². The minimum absolute atomic E-state index is 0.0945. The molecule has 168 valence electrons. The molecule has 0 radical (unpaired) electrons. The van der Waals surface area contributed by atoms with E-state index in [1.807, 2.05) is 32.9 Å². The van der Waals surface area contributed by atoms with Gasteiger partial charge in [0, 0.05) is 5.69 Å². The average molecular weight is 455 g/mol. The molecule has 2 N–H and O–H groups in total. The van der Waals surface area contributed by atoms with Gasteiger partial charge in [-0.15, -0.1) is 0 Å². The molecule has 0 atom stereocenters. The molecule has 0 aromatic heterocycles. The van der Waals surface area contributed by atoms with Crippen LogP contribution in [0.3, 0.4) is 0 Å². The van der Waals surface area contributed by atoms with Crippen LogP contribution in [0.25, 0.3) is 0 Å². The average Bonchev–Trinajstić information content (AvgIpc) is 2.75. The molecule has 3 aromatic rings. The number of ether oxygens (including phenoxy) is 2. The summed E-state index contributed by atoms with van der Waals surface area (Å²) < 4.78 is 38.6. The predicted molar refractivity (Wildman–Crippen MR) is 125 cm³/mol. The Morgan fingerprint density at radius 3 is 2.28 bits per heavy atom. The van der Waals surface area contributed by atoms with Gasteiger partial charge in [0.1, 0.15) is 11.5 Å². The highest BCUT2D eigenvalue weighted by Crippen LogP contribution is 2.25. The fourth-order valence-corrected chi connectivity index (χ4v) is 4.04. The Morgan fingerprint density at radius 1 is 0.906 bits per heavy atom.